The highest BCUT2D eigenvalue weighted by Crippen LogP contribution is 2.31. The van der Waals surface area contributed by atoms with Crippen LogP contribution in [-0.2, 0) is 6.61 Å². The lowest BCUT2D eigenvalue weighted by Crippen LogP contribution is -2.13. The van der Waals surface area contributed by atoms with Crippen molar-refractivity contribution >= 4 is 34.0 Å². The van der Waals surface area contributed by atoms with Crippen molar-refractivity contribution in [3.8, 4) is 17.0 Å². The summed E-state index contributed by atoms with van der Waals surface area (Å²) < 4.78 is 10.7. The van der Waals surface area contributed by atoms with Gasteiger partial charge in [0.05, 0.1) is 11.3 Å². The zero-order chi connectivity index (χ0) is 21.1. The Hall–Kier alpha value is -3.23. The van der Waals surface area contributed by atoms with Crippen molar-refractivity contribution in [2.24, 2.45) is 0 Å². The number of anilines is 1. The third kappa shape index (κ3) is 4.50. The Kier molecular flexibility index (Phi) is 5.78. The first-order valence-corrected chi connectivity index (χ1v) is 10.2. The number of thiazole rings is 1. The van der Waals surface area contributed by atoms with Gasteiger partial charge in [0.2, 0.25) is 11.7 Å². The first-order valence-electron chi connectivity index (χ1n) is 9.05. The van der Waals surface area contributed by atoms with Gasteiger partial charge < -0.3 is 9.26 Å². The first kappa shape index (κ1) is 20.1. The number of hydrogen-bond acceptors (Lipinski definition) is 7. The molecule has 0 fully saturated rings. The lowest BCUT2D eigenvalue weighted by atomic mass is 10.1. The topological polar surface area (TPSA) is 90.1 Å². The summed E-state index contributed by atoms with van der Waals surface area (Å²) in [6.45, 7) is 3.76. The van der Waals surface area contributed by atoms with Crippen molar-refractivity contribution in [2.75, 3.05) is 5.32 Å². The molecular weight excluding hydrogens is 424 g/mol. The van der Waals surface area contributed by atoms with Crippen LogP contribution >= 0.6 is 22.9 Å². The highest BCUT2D eigenvalue weighted by atomic mass is 35.5. The summed E-state index contributed by atoms with van der Waals surface area (Å²) in [5, 5.41) is 7.81. The van der Waals surface area contributed by atoms with E-state index in [2.05, 4.69) is 20.4 Å². The SMILES string of the molecule is Cc1nc(COc2ccccc2C(=O)Nc2nc(-c3ccc(Cl)cc3)c(C)s2)no1. The molecule has 9 heteroatoms. The molecule has 0 atom stereocenters. The molecule has 0 saturated heterocycles. The maximum Gasteiger partial charge on any atom is 0.261 e. The van der Waals surface area contributed by atoms with Crippen LogP contribution in [0.2, 0.25) is 5.02 Å². The Labute approximate surface area is 181 Å². The summed E-state index contributed by atoms with van der Waals surface area (Å²) in [5.41, 5.74) is 2.13. The van der Waals surface area contributed by atoms with Crippen molar-refractivity contribution in [3.05, 3.63) is 75.7 Å². The molecule has 0 saturated carbocycles. The molecule has 4 rings (SSSR count). The van der Waals surface area contributed by atoms with Crippen molar-refractivity contribution < 1.29 is 14.1 Å². The smallest absolute Gasteiger partial charge is 0.261 e. The third-order valence-electron chi connectivity index (χ3n) is 4.19. The zero-order valence-corrected chi connectivity index (χ0v) is 17.8. The fourth-order valence-corrected chi connectivity index (χ4v) is 3.77. The first-order chi connectivity index (χ1) is 14.5. The minimum absolute atomic E-state index is 0.0959. The molecule has 30 heavy (non-hydrogen) atoms. The maximum absolute atomic E-state index is 12.9. The van der Waals surface area contributed by atoms with Crippen LogP contribution in [0.15, 0.2) is 53.1 Å². The molecule has 0 radical (unpaired) electrons. The van der Waals surface area contributed by atoms with Gasteiger partial charge in [-0.3, -0.25) is 10.1 Å². The fraction of sp³-hybridized carbons (Fsp3) is 0.143. The molecule has 0 spiro atoms. The predicted molar refractivity (Wildman–Crippen MR) is 115 cm³/mol. The number of carbonyl (C=O) groups is 1. The van der Waals surface area contributed by atoms with E-state index < -0.39 is 0 Å². The van der Waals surface area contributed by atoms with Crippen LogP contribution in [0, 0.1) is 13.8 Å². The van der Waals surface area contributed by atoms with Crippen molar-refractivity contribution in [3.63, 3.8) is 0 Å². The van der Waals surface area contributed by atoms with Gasteiger partial charge in [0.25, 0.3) is 5.91 Å². The van der Waals surface area contributed by atoms with E-state index in [0.717, 1.165) is 16.1 Å². The monoisotopic (exact) mass is 440 g/mol. The van der Waals surface area contributed by atoms with Crippen LogP contribution < -0.4 is 10.1 Å². The Morgan fingerprint density at radius 2 is 1.90 bits per heavy atom. The number of aryl methyl sites for hydroxylation is 2. The van der Waals surface area contributed by atoms with E-state index in [1.165, 1.54) is 11.3 Å². The van der Waals surface area contributed by atoms with E-state index in [-0.39, 0.29) is 12.5 Å². The van der Waals surface area contributed by atoms with Crippen LogP contribution in [-0.4, -0.2) is 21.0 Å². The van der Waals surface area contributed by atoms with E-state index in [1.54, 1.807) is 31.2 Å². The second kappa shape index (κ2) is 8.64. The fourth-order valence-electron chi connectivity index (χ4n) is 2.81. The largest absolute Gasteiger partial charge is 0.485 e. The van der Waals surface area contributed by atoms with Gasteiger partial charge in [0.15, 0.2) is 11.7 Å². The lowest BCUT2D eigenvalue weighted by Gasteiger charge is -2.09. The highest BCUT2D eigenvalue weighted by Gasteiger charge is 2.17. The Balaban J connectivity index is 1.50. The standard InChI is InChI=1S/C21H17ClN4O3S/c1-12-19(14-7-9-15(22)10-8-14)24-21(30-12)25-20(27)16-5-3-4-6-17(16)28-11-18-23-13(2)29-26-18/h3-10H,11H2,1-2H3,(H,24,25,27). The third-order valence-corrected chi connectivity index (χ3v) is 5.33. The molecule has 2 aromatic carbocycles. The predicted octanol–water partition coefficient (Wildman–Crippen LogP) is 5.29. The quantitative estimate of drug-likeness (QED) is 0.437. The molecule has 0 bridgehead atoms. The molecule has 2 aromatic heterocycles. The second-order valence-corrected chi connectivity index (χ2v) is 8.04. The molecule has 152 valence electrons. The number of benzene rings is 2. The van der Waals surface area contributed by atoms with Gasteiger partial charge in [0.1, 0.15) is 5.75 Å². The number of nitrogens with zero attached hydrogens (tertiary/aromatic N) is 3. The van der Waals surface area contributed by atoms with Crippen LogP contribution in [0.1, 0.15) is 27.0 Å². The van der Waals surface area contributed by atoms with Gasteiger partial charge in [-0.1, -0.05) is 41.0 Å². The average molecular weight is 441 g/mol. The highest BCUT2D eigenvalue weighted by molar-refractivity contribution is 7.16. The van der Waals surface area contributed by atoms with Crippen LogP contribution in [0.3, 0.4) is 0 Å². The van der Waals surface area contributed by atoms with Gasteiger partial charge in [-0.2, -0.15) is 4.98 Å². The van der Waals surface area contributed by atoms with E-state index >= 15 is 0 Å². The Bertz CT molecular complexity index is 1190. The number of ether oxygens (including phenoxy) is 1. The van der Waals surface area contributed by atoms with Gasteiger partial charge in [-0.05, 0) is 31.2 Å². The summed E-state index contributed by atoms with van der Waals surface area (Å²) in [5.74, 6) is 0.969. The van der Waals surface area contributed by atoms with E-state index in [1.807, 2.05) is 31.2 Å². The van der Waals surface area contributed by atoms with E-state index in [9.17, 15) is 4.79 Å². The van der Waals surface area contributed by atoms with Crippen LogP contribution in [0.4, 0.5) is 5.13 Å². The van der Waals surface area contributed by atoms with Gasteiger partial charge in [-0.25, -0.2) is 4.98 Å². The number of hydrogen-bond donors (Lipinski definition) is 1. The Morgan fingerprint density at radius 1 is 1.13 bits per heavy atom. The molecule has 4 aromatic rings. The van der Waals surface area contributed by atoms with Crippen LogP contribution in [0.25, 0.3) is 11.3 Å². The number of rotatable bonds is 6. The molecule has 1 N–H and O–H groups in total. The number of para-hydroxylation sites is 1. The summed E-state index contributed by atoms with van der Waals surface area (Å²) in [6, 6.07) is 14.4. The molecule has 7 nitrogen and oxygen atoms in total. The van der Waals surface area contributed by atoms with Gasteiger partial charge in [-0.15, -0.1) is 11.3 Å². The second-order valence-electron chi connectivity index (χ2n) is 6.40. The van der Waals surface area contributed by atoms with Gasteiger partial charge in [0, 0.05) is 22.4 Å². The summed E-state index contributed by atoms with van der Waals surface area (Å²) in [4.78, 5) is 22.5. The number of halogens is 1. The van der Waals surface area contributed by atoms with Crippen molar-refractivity contribution in [2.45, 2.75) is 20.5 Å². The molecule has 0 aliphatic carbocycles. The summed E-state index contributed by atoms with van der Waals surface area (Å²) in [6.07, 6.45) is 0. The summed E-state index contributed by atoms with van der Waals surface area (Å²) >= 11 is 7.37. The van der Waals surface area contributed by atoms with E-state index in [0.29, 0.717) is 33.2 Å². The molecule has 0 aliphatic rings. The molecule has 1 amide bonds. The summed E-state index contributed by atoms with van der Waals surface area (Å²) in [7, 11) is 0. The minimum atomic E-state index is -0.314. The number of amides is 1. The molecule has 2 heterocycles. The van der Waals surface area contributed by atoms with Crippen molar-refractivity contribution in [1.29, 1.82) is 0 Å². The normalized spacial score (nSPS) is 10.8. The van der Waals surface area contributed by atoms with Crippen LogP contribution in [0.5, 0.6) is 5.75 Å². The van der Waals surface area contributed by atoms with Crippen molar-refractivity contribution in [1.82, 2.24) is 15.1 Å². The molecule has 0 aliphatic heterocycles. The van der Waals surface area contributed by atoms with Gasteiger partial charge >= 0.3 is 0 Å². The number of carbonyl (C=O) groups excluding carboxylic acids is 1. The number of aromatic nitrogens is 3. The lowest BCUT2D eigenvalue weighted by molar-refractivity contribution is 0.102. The molecular formula is C21H17ClN4O3S. The Morgan fingerprint density at radius 3 is 2.63 bits per heavy atom. The maximum atomic E-state index is 12.9. The van der Waals surface area contributed by atoms with E-state index in [4.69, 9.17) is 20.9 Å². The molecule has 0 unspecified atom stereocenters. The minimum Gasteiger partial charge on any atom is -0.485 e. The zero-order valence-electron chi connectivity index (χ0n) is 16.2. The number of nitrogens with one attached hydrogen (secondary N) is 1. The average Bonchev–Trinajstić information content (AvgIpc) is 3.32.